The number of nitrogens with one attached hydrogen (secondary N) is 1. The Bertz CT molecular complexity index is 787. The van der Waals surface area contributed by atoms with Crippen molar-refractivity contribution in [2.75, 3.05) is 33.2 Å². The first-order valence-electron chi connectivity index (χ1n) is 9.33. The number of ether oxygens (including phenoxy) is 1. The first kappa shape index (κ1) is 21.5. The Balaban J connectivity index is 0.000000336. The van der Waals surface area contributed by atoms with Crippen LogP contribution in [-0.2, 0) is 0 Å². The van der Waals surface area contributed by atoms with E-state index in [2.05, 4.69) is 17.3 Å². The molecule has 7 nitrogen and oxygen atoms in total. The first-order valence-corrected chi connectivity index (χ1v) is 9.33. The van der Waals surface area contributed by atoms with Crippen LogP contribution >= 0.6 is 0 Å². The van der Waals surface area contributed by atoms with Gasteiger partial charge in [-0.3, -0.25) is 14.9 Å². The van der Waals surface area contributed by atoms with Gasteiger partial charge in [-0.05, 0) is 27.0 Å². The molecule has 0 saturated carbocycles. The number of likely N-dealkylation sites (N-methyl/N-ethyl adjacent to an activating group) is 1. The lowest BCUT2D eigenvalue weighted by atomic mass is 10.0. The monoisotopic (exact) mass is 385 g/mol. The number of carbonyl (C=O) groups excluding carboxylic acids is 1. The average Bonchev–Trinajstić information content (AvgIpc) is 2.69. The summed E-state index contributed by atoms with van der Waals surface area (Å²) < 4.78 is 5.52. The number of ketones is 1. The van der Waals surface area contributed by atoms with Gasteiger partial charge in [0.2, 0.25) is 5.75 Å². The summed E-state index contributed by atoms with van der Waals surface area (Å²) in [5.74, 6) is -0.277. The van der Waals surface area contributed by atoms with E-state index in [4.69, 9.17) is 4.74 Å². The third-order valence-electron chi connectivity index (χ3n) is 4.17. The number of nitrogens with zero attached hydrogens (tertiary/aromatic N) is 2. The SMILES string of the molecule is CC(C)Oc1c(C(=O)c2ccccc2)cccc1[N+](=O)[O-].CN1CCNCC1. The van der Waals surface area contributed by atoms with Gasteiger partial charge in [0.15, 0.2) is 5.78 Å². The summed E-state index contributed by atoms with van der Waals surface area (Å²) in [6.07, 6.45) is -0.270. The summed E-state index contributed by atoms with van der Waals surface area (Å²) in [5.41, 5.74) is 0.459. The van der Waals surface area contributed by atoms with Gasteiger partial charge in [0.1, 0.15) is 0 Å². The Kier molecular flexibility index (Phi) is 8.10. The molecule has 150 valence electrons. The van der Waals surface area contributed by atoms with Crippen LogP contribution in [-0.4, -0.2) is 54.9 Å². The fourth-order valence-corrected chi connectivity index (χ4v) is 2.73. The molecular weight excluding hydrogens is 358 g/mol. The highest BCUT2D eigenvalue weighted by molar-refractivity contribution is 6.11. The Morgan fingerprint density at radius 2 is 1.75 bits per heavy atom. The summed E-state index contributed by atoms with van der Waals surface area (Å²) >= 11 is 0. The molecule has 0 aliphatic carbocycles. The Labute approximate surface area is 165 Å². The molecule has 0 spiro atoms. The smallest absolute Gasteiger partial charge is 0.311 e. The lowest BCUT2D eigenvalue weighted by Gasteiger charge is -2.21. The summed E-state index contributed by atoms with van der Waals surface area (Å²) in [6.45, 7) is 8.26. The van der Waals surface area contributed by atoms with Crippen LogP contribution in [0.2, 0.25) is 0 Å². The maximum absolute atomic E-state index is 12.5. The number of nitro benzene ring substituents is 1. The van der Waals surface area contributed by atoms with Crippen LogP contribution in [0.15, 0.2) is 48.5 Å². The number of nitro groups is 1. The zero-order valence-electron chi connectivity index (χ0n) is 16.6. The van der Waals surface area contributed by atoms with Gasteiger partial charge in [0, 0.05) is 37.8 Å². The topological polar surface area (TPSA) is 84.7 Å². The van der Waals surface area contributed by atoms with E-state index < -0.39 is 4.92 Å². The van der Waals surface area contributed by atoms with Gasteiger partial charge in [-0.15, -0.1) is 0 Å². The molecule has 7 heteroatoms. The van der Waals surface area contributed by atoms with Crippen LogP contribution in [0.3, 0.4) is 0 Å². The van der Waals surface area contributed by atoms with Crippen molar-refractivity contribution in [1.82, 2.24) is 10.2 Å². The highest BCUT2D eigenvalue weighted by Gasteiger charge is 2.24. The molecule has 0 bridgehead atoms. The van der Waals surface area contributed by atoms with Crippen molar-refractivity contribution in [3.05, 3.63) is 69.8 Å². The largest absolute Gasteiger partial charge is 0.484 e. The predicted molar refractivity (Wildman–Crippen MR) is 109 cm³/mol. The molecule has 0 unspecified atom stereocenters. The molecule has 0 atom stereocenters. The van der Waals surface area contributed by atoms with E-state index in [-0.39, 0.29) is 28.9 Å². The van der Waals surface area contributed by atoms with Crippen molar-refractivity contribution < 1.29 is 14.5 Å². The predicted octanol–water partition coefficient (Wildman–Crippen LogP) is 3.13. The average molecular weight is 385 g/mol. The van der Waals surface area contributed by atoms with Crippen molar-refractivity contribution in [1.29, 1.82) is 0 Å². The van der Waals surface area contributed by atoms with Gasteiger partial charge in [-0.25, -0.2) is 0 Å². The van der Waals surface area contributed by atoms with Crippen molar-refractivity contribution in [3.63, 3.8) is 0 Å². The second-order valence-electron chi connectivity index (χ2n) is 6.83. The molecular formula is C21H27N3O4. The number of hydrogen-bond acceptors (Lipinski definition) is 6. The fourth-order valence-electron chi connectivity index (χ4n) is 2.73. The fraction of sp³-hybridized carbons (Fsp3) is 0.381. The number of piperazine rings is 1. The van der Waals surface area contributed by atoms with Crippen molar-refractivity contribution in [2.24, 2.45) is 0 Å². The molecule has 3 rings (SSSR count). The van der Waals surface area contributed by atoms with Gasteiger partial charge < -0.3 is 15.0 Å². The van der Waals surface area contributed by atoms with E-state index in [9.17, 15) is 14.9 Å². The molecule has 1 aliphatic rings. The minimum Gasteiger partial charge on any atom is -0.484 e. The third kappa shape index (κ3) is 6.14. The second kappa shape index (κ2) is 10.5. The quantitative estimate of drug-likeness (QED) is 0.484. The van der Waals surface area contributed by atoms with E-state index in [1.807, 2.05) is 0 Å². The van der Waals surface area contributed by atoms with Crippen LogP contribution in [0.1, 0.15) is 29.8 Å². The maximum atomic E-state index is 12.5. The minimum atomic E-state index is -0.542. The minimum absolute atomic E-state index is 0.0198. The molecule has 1 heterocycles. The van der Waals surface area contributed by atoms with Gasteiger partial charge in [-0.2, -0.15) is 0 Å². The van der Waals surface area contributed by atoms with Gasteiger partial charge in [-0.1, -0.05) is 36.4 Å². The summed E-state index contributed by atoms with van der Waals surface area (Å²) in [6, 6.07) is 13.0. The number of benzene rings is 2. The van der Waals surface area contributed by atoms with Crippen molar-refractivity contribution in [3.8, 4) is 5.75 Å². The number of rotatable bonds is 5. The molecule has 0 aromatic heterocycles. The zero-order valence-corrected chi connectivity index (χ0v) is 16.6. The molecule has 28 heavy (non-hydrogen) atoms. The van der Waals surface area contributed by atoms with Crippen molar-refractivity contribution in [2.45, 2.75) is 20.0 Å². The van der Waals surface area contributed by atoms with E-state index in [1.54, 1.807) is 50.2 Å². The van der Waals surface area contributed by atoms with Crippen LogP contribution < -0.4 is 10.1 Å². The lowest BCUT2D eigenvalue weighted by molar-refractivity contribution is -0.386. The van der Waals surface area contributed by atoms with Crippen LogP contribution in [0.4, 0.5) is 5.69 Å². The van der Waals surface area contributed by atoms with Gasteiger partial charge in [0.05, 0.1) is 16.6 Å². The molecule has 1 saturated heterocycles. The van der Waals surface area contributed by atoms with Crippen LogP contribution in [0, 0.1) is 10.1 Å². The molecule has 2 aromatic carbocycles. The lowest BCUT2D eigenvalue weighted by Crippen LogP contribution is -2.40. The van der Waals surface area contributed by atoms with Crippen molar-refractivity contribution >= 4 is 11.5 Å². The number of carbonyl (C=O) groups is 1. The van der Waals surface area contributed by atoms with Gasteiger partial charge >= 0.3 is 5.69 Å². The molecule has 1 fully saturated rings. The van der Waals surface area contributed by atoms with Crippen LogP contribution in [0.5, 0.6) is 5.75 Å². The second-order valence-corrected chi connectivity index (χ2v) is 6.83. The zero-order chi connectivity index (χ0) is 20.5. The summed E-state index contributed by atoms with van der Waals surface area (Å²) in [4.78, 5) is 25.4. The van der Waals surface area contributed by atoms with E-state index in [0.29, 0.717) is 5.56 Å². The highest BCUT2D eigenvalue weighted by atomic mass is 16.6. The standard InChI is InChI=1S/C16H15NO4.C5H12N2/c1-11(2)21-16-13(9-6-10-14(16)17(19)20)15(18)12-7-4-3-5-8-12;1-7-4-2-6-3-5-7/h3-11H,1-2H3;6H,2-5H2,1H3. The maximum Gasteiger partial charge on any atom is 0.311 e. The molecule has 1 aliphatic heterocycles. The first-order chi connectivity index (χ1) is 13.4. The normalized spacial score (nSPS) is 14.1. The Morgan fingerprint density at radius 1 is 1.11 bits per heavy atom. The summed E-state index contributed by atoms with van der Waals surface area (Å²) in [5, 5.41) is 14.4. The van der Waals surface area contributed by atoms with Gasteiger partial charge in [0.25, 0.3) is 0 Å². The number of hydrogen-bond donors (Lipinski definition) is 1. The Morgan fingerprint density at radius 3 is 2.25 bits per heavy atom. The van der Waals surface area contributed by atoms with E-state index in [1.165, 1.54) is 25.2 Å². The molecule has 1 N–H and O–H groups in total. The third-order valence-corrected chi connectivity index (χ3v) is 4.17. The molecule has 0 amide bonds. The number of para-hydroxylation sites is 1. The molecule has 0 radical (unpaired) electrons. The van der Waals surface area contributed by atoms with E-state index >= 15 is 0 Å². The van der Waals surface area contributed by atoms with Crippen LogP contribution in [0.25, 0.3) is 0 Å². The molecule has 2 aromatic rings. The Hall–Kier alpha value is -2.77. The van der Waals surface area contributed by atoms with E-state index in [0.717, 1.165) is 13.1 Å². The summed E-state index contributed by atoms with van der Waals surface area (Å²) in [7, 11) is 2.15. The highest BCUT2D eigenvalue weighted by Crippen LogP contribution is 2.33.